The molecule has 6 heteroatoms. The minimum Gasteiger partial charge on any atom is -0.366 e. The summed E-state index contributed by atoms with van der Waals surface area (Å²) in [5, 5.41) is 7.55. The van der Waals surface area contributed by atoms with Crippen molar-refractivity contribution in [2.75, 3.05) is 0 Å². The van der Waals surface area contributed by atoms with Gasteiger partial charge in [0, 0.05) is 13.2 Å². The van der Waals surface area contributed by atoms with Gasteiger partial charge in [-0.15, -0.1) is 5.10 Å². The Morgan fingerprint density at radius 1 is 1.62 bits per heavy atom. The lowest BCUT2D eigenvalue weighted by Crippen LogP contribution is -2.11. The minimum absolute atomic E-state index is 0.341. The fourth-order valence-corrected chi connectivity index (χ4v) is 1.06. The van der Waals surface area contributed by atoms with Gasteiger partial charge in [0.1, 0.15) is 5.52 Å². The number of aryl methyl sites for hydroxylation is 1. The summed E-state index contributed by atoms with van der Waals surface area (Å²) in [6.45, 7) is 0. The largest absolute Gasteiger partial charge is 0.366 e. The van der Waals surface area contributed by atoms with Crippen molar-refractivity contribution in [1.82, 2.24) is 20.0 Å². The van der Waals surface area contributed by atoms with Crippen LogP contribution in [-0.2, 0) is 7.05 Å². The van der Waals surface area contributed by atoms with Crippen molar-refractivity contribution in [1.29, 1.82) is 0 Å². The number of rotatable bonds is 1. The number of hydrogen-bond donors (Lipinski definition) is 1. The minimum atomic E-state index is -0.514. The Bertz CT molecular complexity index is 475. The molecule has 66 valence electrons. The maximum atomic E-state index is 10.8. The van der Waals surface area contributed by atoms with Gasteiger partial charge < -0.3 is 5.73 Å². The molecule has 6 nitrogen and oxygen atoms in total. The standard InChI is InChI=1S/C7H7N5O/c1-12-7-5(10-11-12)2-4(3-9-7)6(8)13/h2-3H,1H3,(H2,8,13). The van der Waals surface area contributed by atoms with Crippen LogP contribution in [0.4, 0.5) is 0 Å². The fraction of sp³-hybridized carbons (Fsp3) is 0.143. The second-order valence-corrected chi connectivity index (χ2v) is 2.64. The van der Waals surface area contributed by atoms with Crippen molar-refractivity contribution >= 4 is 17.1 Å². The SMILES string of the molecule is Cn1nnc2cc(C(N)=O)cnc21. The van der Waals surface area contributed by atoms with Crippen LogP contribution >= 0.6 is 0 Å². The molecule has 0 aliphatic heterocycles. The lowest BCUT2D eigenvalue weighted by atomic mass is 10.2. The van der Waals surface area contributed by atoms with Gasteiger partial charge in [-0.05, 0) is 6.07 Å². The Balaban J connectivity index is 2.70. The summed E-state index contributed by atoms with van der Waals surface area (Å²) in [4.78, 5) is 14.8. The maximum absolute atomic E-state index is 10.8. The van der Waals surface area contributed by atoms with Crippen molar-refractivity contribution in [2.45, 2.75) is 0 Å². The summed E-state index contributed by atoms with van der Waals surface area (Å²) in [5.74, 6) is -0.514. The number of carbonyl (C=O) groups excluding carboxylic acids is 1. The summed E-state index contributed by atoms with van der Waals surface area (Å²) >= 11 is 0. The zero-order valence-electron chi connectivity index (χ0n) is 6.93. The lowest BCUT2D eigenvalue weighted by molar-refractivity contribution is 0.1000. The van der Waals surface area contributed by atoms with Crippen LogP contribution in [0.1, 0.15) is 10.4 Å². The molecular formula is C7H7N5O. The number of carbonyl (C=O) groups is 1. The second-order valence-electron chi connectivity index (χ2n) is 2.64. The van der Waals surface area contributed by atoms with E-state index in [1.807, 2.05) is 0 Å². The first-order chi connectivity index (χ1) is 6.18. The molecule has 0 spiro atoms. The van der Waals surface area contributed by atoms with Gasteiger partial charge in [-0.3, -0.25) is 4.79 Å². The first kappa shape index (κ1) is 7.66. The predicted octanol–water partition coefficient (Wildman–Crippen LogP) is -0.538. The molecule has 2 aromatic heterocycles. The van der Waals surface area contributed by atoms with Crippen molar-refractivity contribution in [3.63, 3.8) is 0 Å². The van der Waals surface area contributed by atoms with E-state index in [2.05, 4.69) is 15.3 Å². The first-order valence-corrected chi connectivity index (χ1v) is 3.64. The highest BCUT2D eigenvalue weighted by Crippen LogP contribution is 2.08. The van der Waals surface area contributed by atoms with Crippen LogP contribution in [0.5, 0.6) is 0 Å². The van der Waals surface area contributed by atoms with E-state index in [0.29, 0.717) is 16.7 Å². The van der Waals surface area contributed by atoms with Gasteiger partial charge >= 0.3 is 0 Å². The van der Waals surface area contributed by atoms with E-state index in [1.54, 1.807) is 13.1 Å². The summed E-state index contributed by atoms with van der Waals surface area (Å²) in [5.41, 5.74) is 6.62. The third-order valence-electron chi connectivity index (χ3n) is 1.72. The number of hydrogen-bond acceptors (Lipinski definition) is 4. The highest BCUT2D eigenvalue weighted by molar-refractivity contribution is 5.94. The molecule has 2 rings (SSSR count). The summed E-state index contributed by atoms with van der Waals surface area (Å²) in [6, 6.07) is 1.57. The van der Waals surface area contributed by atoms with Gasteiger partial charge in [0.2, 0.25) is 5.91 Å². The number of amides is 1. The van der Waals surface area contributed by atoms with Crippen molar-refractivity contribution in [3.05, 3.63) is 17.8 Å². The third kappa shape index (κ3) is 1.12. The molecule has 0 atom stereocenters. The number of nitrogens with zero attached hydrogens (tertiary/aromatic N) is 4. The van der Waals surface area contributed by atoms with Crippen molar-refractivity contribution in [2.24, 2.45) is 12.8 Å². The lowest BCUT2D eigenvalue weighted by Gasteiger charge is -1.93. The van der Waals surface area contributed by atoms with Gasteiger partial charge in [-0.1, -0.05) is 5.21 Å². The molecule has 0 saturated carbocycles. The number of aromatic nitrogens is 4. The molecule has 0 saturated heterocycles. The van der Waals surface area contributed by atoms with Crippen molar-refractivity contribution < 1.29 is 4.79 Å². The Hall–Kier alpha value is -1.98. The monoisotopic (exact) mass is 177 g/mol. The Morgan fingerprint density at radius 3 is 3.08 bits per heavy atom. The zero-order chi connectivity index (χ0) is 9.42. The van der Waals surface area contributed by atoms with Crippen LogP contribution in [-0.4, -0.2) is 25.9 Å². The summed E-state index contributed by atoms with van der Waals surface area (Å²) < 4.78 is 1.53. The van der Waals surface area contributed by atoms with E-state index in [1.165, 1.54) is 10.9 Å². The molecule has 0 bridgehead atoms. The first-order valence-electron chi connectivity index (χ1n) is 3.64. The van der Waals surface area contributed by atoms with E-state index in [9.17, 15) is 4.79 Å². The Labute approximate surface area is 73.4 Å². The van der Waals surface area contributed by atoms with Crippen LogP contribution in [0.3, 0.4) is 0 Å². The predicted molar refractivity (Wildman–Crippen MR) is 44.8 cm³/mol. The molecule has 0 aromatic carbocycles. The van der Waals surface area contributed by atoms with Crippen LogP contribution in [0.25, 0.3) is 11.2 Å². The van der Waals surface area contributed by atoms with E-state index >= 15 is 0 Å². The number of primary amides is 1. The Morgan fingerprint density at radius 2 is 2.38 bits per heavy atom. The van der Waals surface area contributed by atoms with Gasteiger partial charge in [-0.2, -0.15) is 0 Å². The average molecular weight is 177 g/mol. The number of pyridine rings is 1. The van der Waals surface area contributed by atoms with Crippen LogP contribution in [0.2, 0.25) is 0 Å². The molecule has 2 heterocycles. The molecule has 0 aliphatic carbocycles. The quantitative estimate of drug-likeness (QED) is 0.633. The molecule has 0 fully saturated rings. The van der Waals surface area contributed by atoms with E-state index < -0.39 is 5.91 Å². The Kier molecular flexibility index (Phi) is 1.48. The van der Waals surface area contributed by atoms with Crippen LogP contribution in [0, 0.1) is 0 Å². The zero-order valence-corrected chi connectivity index (χ0v) is 6.93. The third-order valence-corrected chi connectivity index (χ3v) is 1.72. The van der Waals surface area contributed by atoms with Crippen LogP contribution < -0.4 is 5.73 Å². The smallest absolute Gasteiger partial charge is 0.250 e. The molecule has 0 radical (unpaired) electrons. The topological polar surface area (TPSA) is 86.7 Å². The summed E-state index contributed by atoms with van der Waals surface area (Å²) in [6.07, 6.45) is 1.41. The van der Waals surface area contributed by atoms with Crippen molar-refractivity contribution in [3.8, 4) is 0 Å². The van der Waals surface area contributed by atoms with Gasteiger partial charge in [0.15, 0.2) is 5.65 Å². The second kappa shape index (κ2) is 2.51. The van der Waals surface area contributed by atoms with Gasteiger partial charge in [0.25, 0.3) is 0 Å². The van der Waals surface area contributed by atoms with Gasteiger partial charge in [0.05, 0.1) is 5.56 Å². The molecule has 2 N–H and O–H groups in total. The van der Waals surface area contributed by atoms with E-state index in [-0.39, 0.29) is 0 Å². The van der Waals surface area contributed by atoms with E-state index in [0.717, 1.165) is 0 Å². The fourth-order valence-electron chi connectivity index (χ4n) is 1.06. The molecule has 13 heavy (non-hydrogen) atoms. The highest BCUT2D eigenvalue weighted by Gasteiger charge is 2.06. The van der Waals surface area contributed by atoms with Gasteiger partial charge in [-0.25, -0.2) is 9.67 Å². The maximum Gasteiger partial charge on any atom is 0.250 e. The highest BCUT2D eigenvalue weighted by atomic mass is 16.1. The average Bonchev–Trinajstić information content (AvgIpc) is 2.47. The molecule has 1 amide bonds. The normalized spacial score (nSPS) is 10.5. The molecule has 2 aromatic rings. The molecule has 0 aliphatic rings. The summed E-state index contributed by atoms with van der Waals surface area (Å²) in [7, 11) is 1.73. The van der Waals surface area contributed by atoms with E-state index in [4.69, 9.17) is 5.73 Å². The molecule has 0 unspecified atom stereocenters. The number of nitrogens with two attached hydrogens (primary N) is 1. The van der Waals surface area contributed by atoms with Crippen LogP contribution in [0.15, 0.2) is 12.3 Å². The molecular weight excluding hydrogens is 170 g/mol. The number of fused-ring (bicyclic) bond motifs is 1.